The first-order valence-corrected chi connectivity index (χ1v) is 17.0. The lowest BCUT2D eigenvalue weighted by Crippen LogP contribution is -2.51. The number of carbonyl (C=O) groups excluding carboxylic acids is 2. The van der Waals surface area contributed by atoms with Crippen LogP contribution >= 0.6 is 12.2 Å². The number of nitrogens with zero attached hydrogens (tertiary/aromatic N) is 3. The number of nitrogens with one attached hydrogen (secondary N) is 4. The zero-order valence-electron chi connectivity index (χ0n) is 28.6. The maximum absolute atomic E-state index is 12.2. The van der Waals surface area contributed by atoms with Crippen molar-refractivity contribution in [3.8, 4) is 0 Å². The summed E-state index contributed by atoms with van der Waals surface area (Å²) in [4.78, 5) is 85.7. The third kappa shape index (κ3) is 17.3. The van der Waals surface area contributed by atoms with Gasteiger partial charge in [0.1, 0.15) is 18.4 Å². The van der Waals surface area contributed by atoms with Crippen molar-refractivity contribution in [2.75, 3.05) is 64.2 Å². The average Bonchev–Trinajstić information content (AvgIpc) is 3.12. The van der Waals surface area contributed by atoms with Gasteiger partial charge in [-0.25, -0.2) is 14.4 Å². The van der Waals surface area contributed by atoms with Gasteiger partial charge in [-0.15, -0.1) is 0 Å². The first-order chi connectivity index (χ1) is 24.7. The van der Waals surface area contributed by atoms with Crippen molar-refractivity contribution >= 4 is 65.2 Å². The quantitative estimate of drug-likeness (QED) is 0.0431. The van der Waals surface area contributed by atoms with Crippen LogP contribution in [0.2, 0.25) is 0 Å². The minimum Gasteiger partial charge on any atom is -0.481 e. The minimum absolute atomic E-state index is 0.0366. The number of carbonyl (C=O) groups is 7. The highest BCUT2D eigenvalue weighted by atomic mass is 32.1. The summed E-state index contributed by atoms with van der Waals surface area (Å²) in [7, 11) is 0. The lowest BCUT2D eigenvalue weighted by Gasteiger charge is -2.33. The van der Waals surface area contributed by atoms with Gasteiger partial charge < -0.3 is 51.6 Å². The van der Waals surface area contributed by atoms with Crippen LogP contribution in [0.5, 0.6) is 0 Å². The van der Waals surface area contributed by atoms with Crippen LogP contribution in [-0.2, 0) is 35.2 Å². The number of rotatable bonds is 21. The molecule has 1 saturated heterocycles. The number of carboxylic acids is 5. The smallest absolute Gasteiger partial charge is 0.326 e. The molecule has 1 aliphatic heterocycles. The van der Waals surface area contributed by atoms with Crippen molar-refractivity contribution in [1.82, 2.24) is 30.7 Å². The summed E-state index contributed by atoms with van der Waals surface area (Å²) in [5.41, 5.74) is 1.55. The average molecular weight is 754 g/mol. The number of amides is 2. The zero-order valence-corrected chi connectivity index (χ0v) is 29.4. The lowest BCUT2D eigenvalue weighted by atomic mass is 10.0. The van der Waals surface area contributed by atoms with E-state index in [0.717, 1.165) is 11.8 Å². The van der Waals surface area contributed by atoms with Crippen LogP contribution in [0, 0.1) is 0 Å². The molecule has 1 aromatic carbocycles. The minimum atomic E-state index is -1.50. The molecule has 20 heteroatoms. The SMILES string of the molecule is O=CCN1CCN(CC(=O)O)CC(Cc2ccc(NC(=S)NCCCCC(NC(=O)NC(CCC(=O)O)C(=O)O)C(=O)O)cc2)N(CC(=O)O)CC1. The molecule has 9 N–H and O–H groups in total. The Morgan fingerprint density at radius 1 is 0.788 bits per heavy atom. The molecule has 0 aromatic heterocycles. The molecule has 0 saturated carbocycles. The van der Waals surface area contributed by atoms with Crippen molar-refractivity contribution in [2.45, 2.75) is 56.7 Å². The van der Waals surface area contributed by atoms with Gasteiger partial charge in [0.2, 0.25) is 0 Å². The molecule has 288 valence electrons. The van der Waals surface area contributed by atoms with E-state index in [1.165, 1.54) is 0 Å². The molecule has 0 bridgehead atoms. The number of aldehydes is 1. The fourth-order valence-corrected chi connectivity index (χ4v) is 5.76. The Morgan fingerprint density at radius 3 is 1.96 bits per heavy atom. The first-order valence-electron chi connectivity index (χ1n) is 16.6. The zero-order chi connectivity index (χ0) is 38.6. The second kappa shape index (κ2) is 22.8. The van der Waals surface area contributed by atoms with E-state index in [1.807, 2.05) is 17.0 Å². The molecule has 1 aromatic rings. The van der Waals surface area contributed by atoms with E-state index in [1.54, 1.807) is 21.9 Å². The molecular formula is C32H47N7O12S. The van der Waals surface area contributed by atoms with E-state index in [2.05, 4.69) is 21.3 Å². The van der Waals surface area contributed by atoms with Crippen molar-refractivity contribution in [3.63, 3.8) is 0 Å². The van der Waals surface area contributed by atoms with E-state index >= 15 is 0 Å². The van der Waals surface area contributed by atoms with Crippen molar-refractivity contribution < 1.29 is 59.1 Å². The standard InChI is InChI=1S/C32H47N7O12S/c40-16-15-37-11-12-38(19-27(43)44)18-23(39(14-13-37)20-28(45)46)17-21-4-6-22(7-5-21)34-32(52)33-10-2-1-3-24(29(47)48)35-31(51)36-25(30(49)50)8-9-26(41)42/h4-7,16,23-25H,1-3,8-15,17-20H2,(H,41,42)(H,43,44)(H,45,46)(H,47,48)(H,49,50)(H2,33,34,52)(H2,35,36,51). The Kier molecular flexibility index (Phi) is 19.0. The molecule has 1 aliphatic rings. The third-order valence-electron chi connectivity index (χ3n) is 8.19. The summed E-state index contributed by atoms with van der Waals surface area (Å²) in [6, 6.07) is 3.15. The van der Waals surface area contributed by atoms with Crippen molar-refractivity contribution in [1.29, 1.82) is 0 Å². The fraction of sp³-hybridized carbons (Fsp3) is 0.562. The van der Waals surface area contributed by atoms with E-state index in [0.29, 0.717) is 69.3 Å². The van der Waals surface area contributed by atoms with Crippen LogP contribution in [0.1, 0.15) is 37.7 Å². The second-order valence-electron chi connectivity index (χ2n) is 12.2. The molecule has 3 atom stereocenters. The number of hydrogen-bond donors (Lipinski definition) is 9. The topological polar surface area (TPSA) is 278 Å². The highest BCUT2D eigenvalue weighted by Gasteiger charge is 2.28. The van der Waals surface area contributed by atoms with E-state index in [-0.39, 0.29) is 38.5 Å². The summed E-state index contributed by atoms with van der Waals surface area (Å²) < 4.78 is 0. The number of hydrogen-bond acceptors (Lipinski definition) is 11. The van der Waals surface area contributed by atoms with Crippen LogP contribution in [0.25, 0.3) is 0 Å². The Morgan fingerprint density at radius 2 is 1.38 bits per heavy atom. The van der Waals surface area contributed by atoms with Gasteiger partial charge in [-0.1, -0.05) is 12.1 Å². The summed E-state index contributed by atoms with van der Waals surface area (Å²) in [6.45, 7) is 2.11. The maximum atomic E-state index is 12.2. The van der Waals surface area contributed by atoms with Crippen LogP contribution in [-0.4, -0.2) is 165 Å². The fourth-order valence-electron chi connectivity index (χ4n) is 5.54. The molecule has 1 fully saturated rings. The molecule has 0 aliphatic carbocycles. The normalized spacial score (nSPS) is 16.9. The number of thiocarbonyl (C=S) groups is 1. The number of urea groups is 1. The summed E-state index contributed by atoms with van der Waals surface area (Å²) in [5.74, 6) is -6.03. The van der Waals surface area contributed by atoms with Gasteiger partial charge in [-0.3, -0.25) is 29.1 Å². The van der Waals surface area contributed by atoms with Gasteiger partial charge in [0.15, 0.2) is 5.11 Å². The summed E-state index contributed by atoms with van der Waals surface area (Å²) in [5, 5.41) is 57.1. The summed E-state index contributed by atoms with van der Waals surface area (Å²) in [6.07, 6.45) is 1.23. The predicted octanol–water partition coefficient (Wildman–Crippen LogP) is -0.587. The lowest BCUT2D eigenvalue weighted by molar-refractivity contribution is -0.141. The van der Waals surface area contributed by atoms with Crippen molar-refractivity contribution in [3.05, 3.63) is 29.8 Å². The monoisotopic (exact) mass is 753 g/mol. The summed E-state index contributed by atoms with van der Waals surface area (Å²) >= 11 is 5.36. The largest absolute Gasteiger partial charge is 0.481 e. The third-order valence-corrected chi connectivity index (χ3v) is 8.44. The van der Waals surface area contributed by atoms with Gasteiger partial charge in [0, 0.05) is 57.4 Å². The van der Waals surface area contributed by atoms with Crippen LogP contribution < -0.4 is 21.3 Å². The number of unbranched alkanes of at least 4 members (excludes halogenated alkanes) is 1. The highest BCUT2D eigenvalue weighted by Crippen LogP contribution is 2.16. The Balaban J connectivity index is 1.89. The predicted molar refractivity (Wildman–Crippen MR) is 189 cm³/mol. The highest BCUT2D eigenvalue weighted by molar-refractivity contribution is 7.80. The van der Waals surface area contributed by atoms with Crippen LogP contribution in [0.3, 0.4) is 0 Å². The number of aliphatic carboxylic acids is 5. The number of carboxylic acid groups (broad SMARTS) is 5. The van der Waals surface area contributed by atoms with Gasteiger partial charge in [-0.2, -0.15) is 0 Å². The van der Waals surface area contributed by atoms with E-state index in [4.69, 9.17) is 17.3 Å². The Bertz CT molecular complexity index is 1400. The molecule has 3 unspecified atom stereocenters. The van der Waals surface area contributed by atoms with Gasteiger partial charge in [0.05, 0.1) is 19.6 Å². The van der Waals surface area contributed by atoms with Crippen molar-refractivity contribution in [2.24, 2.45) is 0 Å². The first kappa shape index (κ1) is 43.2. The second-order valence-corrected chi connectivity index (χ2v) is 12.6. The molecule has 52 heavy (non-hydrogen) atoms. The number of benzene rings is 1. The van der Waals surface area contributed by atoms with Crippen LogP contribution in [0.15, 0.2) is 24.3 Å². The molecule has 19 nitrogen and oxygen atoms in total. The number of anilines is 1. The van der Waals surface area contributed by atoms with Crippen LogP contribution in [0.4, 0.5) is 10.5 Å². The Labute approximate surface area is 305 Å². The molecular weight excluding hydrogens is 706 g/mol. The molecule has 0 spiro atoms. The maximum Gasteiger partial charge on any atom is 0.326 e. The Hall–Kier alpha value is -4.92. The van der Waals surface area contributed by atoms with Gasteiger partial charge in [-0.05, 0) is 62.0 Å². The molecule has 1 heterocycles. The van der Waals surface area contributed by atoms with Gasteiger partial charge in [0.25, 0.3) is 0 Å². The molecule has 0 radical (unpaired) electrons. The molecule has 2 amide bonds. The van der Waals surface area contributed by atoms with E-state index in [9.17, 15) is 54.0 Å². The van der Waals surface area contributed by atoms with Gasteiger partial charge >= 0.3 is 35.9 Å². The molecule has 2 rings (SSSR count). The van der Waals surface area contributed by atoms with E-state index < -0.39 is 54.4 Å².